The van der Waals surface area contributed by atoms with E-state index in [1.807, 2.05) is 6.92 Å². The molecule has 96 valence electrons. The normalized spacial score (nSPS) is 29.3. The number of aliphatic hydroxyl groups excluding tert-OH is 1. The molecule has 1 fully saturated rings. The first-order chi connectivity index (χ1) is 7.20. The van der Waals surface area contributed by atoms with Gasteiger partial charge < -0.3 is 9.84 Å². The van der Waals surface area contributed by atoms with E-state index >= 15 is 0 Å². The SMILES string of the molecule is CC1COC(CO)CN1S(=O)(=O)C(C)(C)C. The Kier molecular flexibility index (Phi) is 3.99. The summed E-state index contributed by atoms with van der Waals surface area (Å²) in [4.78, 5) is 0. The van der Waals surface area contributed by atoms with Gasteiger partial charge in [-0.25, -0.2) is 8.42 Å². The van der Waals surface area contributed by atoms with Crippen molar-refractivity contribution in [2.24, 2.45) is 0 Å². The molecule has 0 spiro atoms. The Hall–Kier alpha value is -0.170. The fourth-order valence-electron chi connectivity index (χ4n) is 1.59. The van der Waals surface area contributed by atoms with Crippen LogP contribution in [-0.4, -0.2) is 54.5 Å². The monoisotopic (exact) mass is 251 g/mol. The highest BCUT2D eigenvalue weighted by Gasteiger charge is 2.41. The summed E-state index contributed by atoms with van der Waals surface area (Å²) < 4.78 is 30.5. The van der Waals surface area contributed by atoms with Crippen LogP contribution in [0.2, 0.25) is 0 Å². The van der Waals surface area contributed by atoms with Gasteiger partial charge >= 0.3 is 0 Å². The second kappa shape index (κ2) is 4.60. The van der Waals surface area contributed by atoms with Crippen LogP contribution >= 0.6 is 0 Å². The molecular formula is C10H21NO4S. The third-order valence-electron chi connectivity index (χ3n) is 2.73. The molecule has 0 radical (unpaired) electrons. The topological polar surface area (TPSA) is 66.8 Å². The van der Waals surface area contributed by atoms with Crippen molar-refractivity contribution in [3.8, 4) is 0 Å². The Labute approximate surface area is 97.4 Å². The van der Waals surface area contributed by atoms with Gasteiger partial charge in [0.25, 0.3) is 0 Å². The summed E-state index contributed by atoms with van der Waals surface area (Å²) in [5, 5.41) is 9.02. The van der Waals surface area contributed by atoms with Crippen molar-refractivity contribution in [1.29, 1.82) is 0 Å². The van der Waals surface area contributed by atoms with E-state index in [1.54, 1.807) is 20.8 Å². The van der Waals surface area contributed by atoms with Gasteiger partial charge in [0, 0.05) is 12.6 Å². The van der Waals surface area contributed by atoms with Crippen LogP contribution in [0.15, 0.2) is 0 Å². The third-order valence-corrected chi connectivity index (χ3v) is 5.41. The van der Waals surface area contributed by atoms with Crippen molar-refractivity contribution >= 4 is 10.0 Å². The molecule has 2 unspecified atom stereocenters. The molecule has 1 N–H and O–H groups in total. The zero-order valence-corrected chi connectivity index (χ0v) is 11.1. The van der Waals surface area contributed by atoms with Crippen LogP contribution in [0.5, 0.6) is 0 Å². The zero-order valence-electron chi connectivity index (χ0n) is 10.3. The van der Waals surface area contributed by atoms with E-state index in [9.17, 15) is 8.42 Å². The quantitative estimate of drug-likeness (QED) is 0.761. The summed E-state index contributed by atoms with van der Waals surface area (Å²) in [6.07, 6.45) is -0.409. The van der Waals surface area contributed by atoms with Crippen molar-refractivity contribution in [3.63, 3.8) is 0 Å². The summed E-state index contributed by atoms with van der Waals surface area (Å²) >= 11 is 0. The minimum absolute atomic E-state index is 0.150. The molecule has 0 aliphatic carbocycles. The first-order valence-electron chi connectivity index (χ1n) is 5.44. The summed E-state index contributed by atoms with van der Waals surface area (Å²) in [5.41, 5.74) is 0. The average Bonchev–Trinajstić information content (AvgIpc) is 2.16. The Balaban J connectivity index is 2.93. The second-order valence-corrected chi connectivity index (χ2v) is 7.82. The van der Waals surface area contributed by atoms with Crippen LogP contribution in [0.3, 0.4) is 0 Å². The fraction of sp³-hybridized carbons (Fsp3) is 1.00. The number of aliphatic hydroxyl groups is 1. The Morgan fingerprint density at radius 2 is 2.00 bits per heavy atom. The lowest BCUT2D eigenvalue weighted by Gasteiger charge is -2.39. The smallest absolute Gasteiger partial charge is 0.219 e. The van der Waals surface area contributed by atoms with E-state index < -0.39 is 20.9 Å². The van der Waals surface area contributed by atoms with Crippen LogP contribution < -0.4 is 0 Å². The lowest BCUT2D eigenvalue weighted by molar-refractivity contribution is -0.0521. The molecule has 5 nitrogen and oxygen atoms in total. The first kappa shape index (κ1) is 13.9. The molecule has 0 saturated carbocycles. The highest BCUT2D eigenvalue weighted by Crippen LogP contribution is 2.25. The van der Waals surface area contributed by atoms with Crippen molar-refractivity contribution < 1.29 is 18.3 Å². The number of hydrogen-bond donors (Lipinski definition) is 1. The maximum Gasteiger partial charge on any atom is 0.219 e. The number of hydrogen-bond acceptors (Lipinski definition) is 4. The summed E-state index contributed by atoms with van der Waals surface area (Å²) in [6.45, 7) is 7.27. The van der Waals surface area contributed by atoms with Gasteiger partial charge in [-0.1, -0.05) is 0 Å². The maximum atomic E-state index is 12.3. The predicted octanol–water partition coefficient (Wildman–Crippen LogP) is 0.196. The maximum absolute atomic E-state index is 12.3. The molecule has 0 aromatic carbocycles. The Morgan fingerprint density at radius 3 is 2.44 bits per heavy atom. The number of ether oxygens (including phenoxy) is 1. The van der Waals surface area contributed by atoms with Gasteiger partial charge in [0.05, 0.1) is 24.1 Å². The molecular weight excluding hydrogens is 230 g/mol. The lowest BCUT2D eigenvalue weighted by atomic mass is 10.2. The lowest BCUT2D eigenvalue weighted by Crippen LogP contribution is -2.55. The minimum Gasteiger partial charge on any atom is -0.394 e. The first-order valence-corrected chi connectivity index (χ1v) is 6.88. The fourth-order valence-corrected chi connectivity index (χ4v) is 3.19. The van der Waals surface area contributed by atoms with E-state index in [0.717, 1.165) is 0 Å². The van der Waals surface area contributed by atoms with Gasteiger partial charge in [0.15, 0.2) is 0 Å². The standard InChI is InChI=1S/C10H21NO4S/c1-8-7-15-9(6-12)5-11(8)16(13,14)10(2,3)4/h8-9,12H,5-7H2,1-4H3. The van der Waals surface area contributed by atoms with Gasteiger partial charge in [0.1, 0.15) is 0 Å². The molecule has 0 bridgehead atoms. The molecule has 0 aromatic heterocycles. The summed E-state index contributed by atoms with van der Waals surface area (Å²) in [5.74, 6) is 0. The molecule has 1 aliphatic rings. The number of morpholine rings is 1. The Bertz CT molecular complexity index is 333. The summed E-state index contributed by atoms with van der Waals surface area (Å²) in [6, 6.07) is -0.174. The molecule has 0 amide bonds. The van der Waals surface area contributed by atoms with Crippen LogP contribution in [-0.2, 0) is 14.8 Å². The summed E-state index contributed by atoms with van der Waals surface area (Å²) in [7, 11) is -3.35. The largest absolute Gasteiger partial charge is 0.394 e. The molecule has 1 heterocycles. The number of nitrogens with zero attached hydrogens (tertiary/aromatic N) is 1. The van der Waals surface area contributed by atoms with Gasteiger partial charge in [-0.2, -0.15) is 4.31 Å². The third kappa shape index (κ3) is 2.56. The van der Waals surface area contributed by atoms with Crippen molar-refractivity contribution in [1.82, 2.24) is 4.31 Å². The van der Waals surface area contributed by atoms with E-state index in [-0.39, 0.29) is 19.2 Å². The van der Waals surface area contributed by atoms with Crippen LogP contribution in [0.1, 0.15) is 27.7 Å². The van der Waals surface area contributed by atoms with E-state index in [4.69, 9.17) is 9.84 Å². The highest BCUT2D eigenvalue weighted by molar-refractivity contribution is 7.90. The molecule has 6 heteroatoms. The zero-order chi connectivity index (χ0) is 12.6. The highest BCUT2D eigenvalue weighted by atomic mass is 32.2. The molecule has 2 atom stereocenters. The molecule has 1 saturated heterocycles. The van der Waals surface area contributed by atoms with Gasteiger partial charge in [-0.05, 0) is 27.7 Å². The van der Waals surface area contributed by atoms with Crippen LogP contribution in [0, 0.1) is 0 Å². The van der Waals surface area contributed by atoms with Gasteiger partial charge in [-0.3, -0.25) is 0 Å². The molecule has 1 aliphatic heterocycles. The number of rotatable bonds is 2. The molecule has 16 heavy (non-hydrogen) atoms. The van der Waals surface area contributed by atoms with Gasteiger partial charge in [0.2, 0.25) is 10.0 Å². The molecule has 1 rings (SSSR count). The van der Waals surface area contributed by atoms with Crippen molar-refractivity contribution in [2.45, 2.75) is 44.6 Å². The average molecular weight is 251 g/mol. The minimum atomic E-state index is -3.35. The number of sulfonamides is 1. The van der Waals surface area contributed by atoms with E-state index in [0.29, 0.717) is 6.61 Å². The van der Waals surface area contributed by atoms with Crippen LogP contribution in [0.4, 0.5) is 0 Å². The van der Waals surface area contributed by atoms with Crippen molar-refractivity contribution in [2.75, 3.05) is 19.8 Å². The molecule has 0 aromatic rings. The van der Waals surface area contributed by atoms with Crippen LogP contribution in [0.25, 0.3) is 0 Å². The predicted molar refractivity (Wildman–Crippen MR) is 61.7 cm³/mol. The van der Waals surface area contributed by atoms with Gasteiger partial charge in [-0.15, -0.1) is 0 Å². The van der Waals surface area contributed by atoms with E-state index in [1.165, 1.54) is 4.31 Å². The Morgan fingerprint density at radius 1 is 1.44 bits per heavy atom. The second-order valence-electron chi connectivity index (χ2n) is 5.17. The van der Waals surface area contributed by atoms with E-state index in [2.05, 4.69) is 0 Å². The van der Waals surface area contributed by atoms with Crippen molar-refractivity contribution in [3.05, 3.63) is 0 Å².